The molecular formula is C18H14N2O3S3. The van der Waals surface area contributed by atoms with Crippen molar-refractivity contribution in [3.05, 3.63) is 68.6 Å². The van der Waals surface area contributed by atoms with Crippen molar-refractivity contribution in [2.45, 2.75) is 16.7 Å². The number of benzene rings is 2. The number of carbonyl (C=O) groups is 1. The molecule has 0 radical (unpaired) electrons. The van der Waals surface area contributed by atoms with Crippen molar-refractivity contribution in [2.75, 3.05) is 7.05 Å². The van der Waals surface area contributed by atoms with E-state index in [1.165, 1.54) is 34.5 Å². The van der Waals surface area contributed by atoms with Crippen LogP contribution in [0.4, 0.5) is 5.69 Å². The van der Waals surface area contributed by atoms with E-state index in [1.807, 2.05) is 31.2 Å². The van der Waals surface area contributed by atoms with E-state index in [9.17, 15) is 14.9 Å². The Bertz CT molecular complexity index is 939. The van der Waals surface area contributed by atoms with Crippen LogP contribution in [0.2, 0.25) is 0 Å². The van der Waals surface area contributed by atoms with E-state index in [-0.39, 0.29) is 11.6 Å². The zero-order chi connectivity index (χ0) is 18.8. The van der Waals surface area contributed by atoms with Crippen LogP contribution >= 0.6 is 35.7 Å². The van der Waals surface area contributed by atoms with E-state index in [0.29, 0.717) is 19.7 Å². The van der Waals surface area contributed by atoms with Gasteiger partial charge in [0, 0.05) is 18.0 Å². The molecule has 1 fully saturated rings. The molecule has 2 aromatic carbocycles. The molecule has 0 atom stereocenters. The third-order valence-corrected chi connectivity index (χ3v) is 6.27. The molecule has 0 bridgehead atoms. The summed E-state index contributed by atoms with van der Waals surface area (Å²) in [4.78, 5) is 26.5. The Morgan fingerprint density at radius 1 is 1.23 bits per heavy atom. The number of nitrogens with zero attached hydrogens (tertiary/aromatic N) is 2. The van der Waals surface area contributed by atoms with Gasteiger partial charge in [0.15, 0.2) is 0 Å². The van der Waals surface area contributed by atoms with Crippen LogP contribution in [0.1, 0.15) is 11.1 Å². The van der Waals surface area contributed by atoms with E-state index < -0.39 is 4.92 Å². The smallest absolute Gasteiger partial charge is 0.283 e. The first-order valence-electron chi connectivity index (χ1n) is 7.59. The third kappa shape index (κ3) is 3.98. The van der Waals surface area contributed by atoms with Crippen molar-refractivity contribution in [3.8, 4) is 0 Å². The Kier molecular flexibility index (Phi) is 5.45. The molecule has 5 nitrogen and oxygen atoms in total. The van der Waals surface area contributed by atoms with Gasteiger partial charge in [-0.1, -0.05) is 59.5 Å². The van der Waals surface area contributed by atoms with Gasteiger partial charge in [0.2, 0.25) is 0 Å². The van der Waals surface area contributed by atoms with Crippen molar-refractivity contribution in [1.82, 2.24) is 4.90 Å². The number of nitro benzene ring substituents is 1. The maximum atomic E-state index is 12.1. The Balaban J connectivity index is 1.92. The van der Waals surface area contributed by atoms with E-state index in [0.717, 1.165) is 10.5 Å². The summed E-state index contributed by atoms with van der Waals surface area (Å²) < 4.78 is 0.474. The number of nitro groups is 1. The van der Waals surface area contributed by atoms with Crippen LogP contribution in [-0.2, 0) is 4.79 Å². The molecule has 0 aliphatic carbocycles. The number of hydrogen-bond donors (Lipinski definition) is 0. The first-order chi connectivity index (χ1) is 12.3. The summed E-state index contributed by atoms with van der Waals surface area (Å²) in [5, 5.41) is 11.5. The van der Waals surface area contributed by atoms with E-state index in [2.05, 4.69) is 0 Å². The molecule has 0 aromatic heterocycles. The summed E-state index contributed by atoms with van der Waals surface area (Å²) in [6.45, 7) is 1.99. The summed E-state index contributed by atoms with van der Waals surface area (Å²) in [7, 11) is 1.61. The maximum absolute atomic E-state index is 12.1. The minimum atomic E-state index is -0.404. The molecule has 1 saturated heterocycles. The highest BCUT2D eigenvalue weighted by molar-refractivity contribution is 8.26. The molecule has 1 aliphatic rings. The molecule has 1 amide bonds. The van der Waals surface area contributed by atoms with Crippen molar-refractivity contribution in [2.24, 2.45) is 0 Å². The van der Waals surface area contributed by atoms with Crippen LogP contribution in [0.5, 0.6) is 0 Å². The topological polar surface area (TPSA) is 63.5 Å². The van der Waals surface area contributed by atoms with Gasteiger partial charge in [-0.3, -0.25) is 19.8 Å². The molecule has 8 heteroatoms. The third-order valence-electron chi connectivity index (χ3n) is 3.71. The number of aryl methyl sites for hydroxylation is 1. The maximum Gasteiger partial charge on any atom is 0.283 e. The molecular weight excluding hydrogens is 388 g/mol. The summed E-state index contributed by atoms with van der Waals surface area (Å²) in [6.07, 6.45) is 1.64. The van der Waals surface area contributed by atoms with Crippen LogP contribution in [0, 0.1) is 17.0 Å². The number of rotatable bonds is 4. The Hall–Kier alpha value is -2.16. The largest absolute Gasteiger partial charge is 0.296 e. The van der Waals surface area contributed by atoms with Gasteiger partial charge in [0.1, 0.15) is 4.32 Å². The number of likely N-dealkylation sites (N-methyl/N-ethyl adjacent to an activating group) is 1. The molecule has 0 spiro atoms. The van der Waals surface area contributed by atoms with Gasteiger partial charge >= 0.3 is 0 Å². The fraction of sp³-hybridized carbons (Fsp3) is 0.111. The number of hydrogen-bond acceptors (Lipinski definition) is 6. The second kappa shape index (κ2) is 7.61. The standard InChI is InChI=1S/C18H14N2O3S3/c1-11-3-6-13(7-4-11)25-15-8-5-12(9-14(15)20(22)23)10-16-17(21)19(2)18(24)26-16/h3-10H,1-2H3. The molecule has 0 unspecified atom stereocenters. The highest BCUT2D eigenvalue weighted by atomic mass is 32.2. The highest BCUT2D eigenvalue weighted by Gasteiger charge is 2.28. The highest BCUT2D eigenvalue weighted by Crippen LogP contribution is 2.37. The SMILES string of the molecule is Cc1ccc(Sc2ccc(C=C3SC(=S)N(C)C3=O)cc2[N+](=O)[O-])cc1. The number of thioether (sulfide) groups is 1. The summed E-state index contributed by atoms with van der Waals surface area (Å²) >= 11 is 7.63. The Labute approximate surface area is 164 Å². The zero-order valence-electron chi connectivity index (χ0n) is 14.0. The van der Waals surface area contributed by atoms with Gasteiger partial charge in [0.05, 0.1) is 14.7 Å². The normalized spacial score (nSPS) is 15.8. The van der Waals surface area contributed by atoms with Gasteiger partial charge in [-0.2, -0.15) is 0 Å². The molecule has 0 N–H and O–H groups in total. The van der Waals surface area contributed by atoms with Crippen LogP contribution in [0.15, 0.2) is 57.2 Å². The summed E-state index contributed by atoms with van der Waals surface area (Å²) in [6, 6.07) is 12.8. The van der Waals surface area contributed by atoms with Crippen molar-refractivity contribution in [3.63, 3.8) is 0 Å². The van der Waals surface area contributed by atoms with Crippen molar-refractivity contribution < 1.29 is 9.72 Å². The predicted molar refractivity (Wildman–Crippen MR) is 109 cm³/mol. The molecule has 3 rings (SSSR count). The van der Waals surface area contributed by atoms with E-state index in [4.69, 9.17) is 12.2 Å². The lowest BCUT2D eigenvalue weighted by Gasteiger charge is -2.05. The molecule has 0 saturated carbocycles. The lowest BCUT2D eigenvalue weighted by atomic mass is 10.2. The average molecular weight is 403 g/mol. The van der Waals surface area contributed by atoms with Gasteiger partial charge in [-0.25, -0.2) is 0 Å². The fourth-order valence-corrected chi connectivity index (χ4v) is 4.36. The quantitative estimate of drug-likeness (QED) is 0.314. The lowest BCUT2D eigenvalue weighted by Crippen LogP contribution is -2.22. The molecule has 1 aliphatic heterocycles. The Morgan fingerprint density at radius 3 is 2.50 bits per heavy atom. The number of thiocarbonyl (C=S) groups is 1. The average Bonchev–Trinajstić information content (AvgIpc) is 2.85. The first-order valence-corrected chi connectivity index (χ1v) is 9.64. The first kappa shape index (κ1) is 18.6. The van der Waals surface area contributed by atoms with Gasteiger partial charge in [-0.15, -0.1) is 0 Å². The zero-order valence-corrected chi connectivity index (χ0v) is 16.4. The van der Waals surface area contributed by atoms with Crippen LogP contribution < -0.4 is 0 Å². The fourth-order valence-electron chi connectivity index (χ4n) is 2.28. The second-order valence-corrected chi connectivity index (χ2v) is 8.43. The summed E-state index contributed by atoms with van der Waals surface area (Å²) in [5.41, 5.74) is 1.74. The predicted octanol–water partition coefficient (Wildman–Crippen LogP) is 4.89. The number of amides is 1. The second-order valence-electron chi connectivity index (χ2n) is 5.64. The van der Waals surface area contributed by atoms with Gasteiger partial charge in [0.25, 0.3) is 11.6 Å². The number of carbonyl (C=O) groups excluding carboxylic acids is 1. The Morgan fingerprint density at radius 2 is 1.92 bits per heavy atom. The molecule has 26 heavy (non-hydrogen) atoms. The van der Waals surface area contributed by atoms with E-state index >= 15 is 0 Å². The van der Waals surface area contributed by atoms with Crippen LogP contribution in [0.25, 0.3) is 6.08 Å². The molecule has 132 valence electrons. The van der Waals surface area contributed by atoms with Crippen LogP contribution in [0.3, 0.4) is 0 Å². The minimum absolute atomic E-state index is 0.0105. The van der Waals surface area contributed by atoms with Crippen LogP contribution in [-0.4, -0.2) is 27.1 Å². The summed E-state index contributed by atoms with van der Waals surface area (Å²) in [5.74, 6) is -0.194. The van der Waals surface area contributed by atoms with Gasteiger partial charge in [-0.05, 0) is 36.8 Å². The lowest BCUT2D eigenvalue weighted by molar-refractivity contribution is -0.387. The van der Waals surface area contributed by atoms with Gasteiger partial charge < -0.3 is 0 Å². The molecule has 1 heterocycles. The monoisotopic (exact) mass is 402 g/mol. The minimum Gasteiger partial charge on any atom is -0.296 e. The van der Waals surface area contributed by atoms with Crippen molar-refractivity contribution >= 4 is 57.7 Å². The van der Waals surface area contributed by atoms with E-state index in [1.54, 1.807) is 25.3 Å². The van der Waals surface area contributed by atoms with Crippen molar-refractivity contribution in [1.29, 1.82) is 0 Å². The molecule has 2 aromatic rings.